The van der Waals surface area contributed by atoms with E-state index in [1.165, 1.54) is 0 Å². The average molecular weight is 498 g/mol. The first kappa shape index (κ1) is 26.5. The number of fused-ring (bicyclic) bond motifs is 16. The fourth-order valence-electron chi connectivity index (χ4n) is 3.12. The molecule has 0 aliphatic carbocycles. The number of benzene rings is 1. The van der Waals surface area contributed by atoms with Crippen LogP contribution in [0.15, 0.2) is 30.3 Å². The van der Waals surface area contributed by atoms with Crippen LogP contribution >= 0.6 is 0 Å². The predicted octanol–water partition coefficient (Wildman–Crippen LogP) is 3.91. The Balaban J connectivity index is 1.71. The van der Waals surface area contributed by atoms with Crippen molar-refractivity contribution in [3.63, 3.8) is 0 Å². The molecule has 0 fully saturated rings. The molecule has 4 rings (SSSR count). The summed E-state index contributed by atoms with van der Waals surface area (Å²) in [7, 11) is 0. The quantitative estimate of drug-likeness (QED) is 0.574. The highest BCUT2D eigenvalue weighted by molar-refractivity contribution is 5.94. The van der Waals surface area contributed by atoms with Gasteiger partial charge in [-0.1, -0.05) is 0 Å². The van der Waals surface area contributed by atoms with Crippen LogP contribution in [-0.2, 0) is 9.47 Å². The van der Waals surface area contributed by atoms with Crippen molar-refractivity contribution < 1.29 is 32.2 Å². The lowest BCUT2D eigenvalue weighted by Gasteiger charge is -2.13. The summed E-state index contributed by atoms with van der Waals surface area (Å²) in [6.07, 6.45) is -1.36. The highest BCUT2D eigenvalue weighted by atomic mass is 19.4. The Morgan fingerprint density at radius 3 is 2.11 bits per heavy atom. The van der Waals surface area contributed by atoms with Gasteiger partial charge in [-0.25, -0.2) is 0 Å². The van der Waals surface area contributed by atoms with Crippen LogP contribution < -0.4 is 20.7 Å². The number of rotatable bonds is 2. The Morgan fingerprint density at radius 1 is 0.857 bits per heavy atom. The van der Waals surface area contributed by atoms with Gasteiger partial charge in [0.2, 0.25) is 0 Å². The van der Waals surface area contributed by atoms with E-state index in [0.29, 0.717) is 69.4 Å². The Labute approximate surface area is 201 Å². The van der Waals surface area contributed by atoms with E-state index in [9.17, 15) is 18.0 Å². The summed E-state index contributed by atoms with van der Waals surface area (Å²) in [5.74, 6) is 0.348. The normalized spacial score (nSPS) is 17.1. The molecule has 2 aliphatic rings. The zero-order chi connectivity index (χ0) is 24.9. The number of ether oxygens (including phenoxy) is 3. The van der Waals surface area contributed by atoms with Gasteiger partial charge in [-0.15, -0.1) is 0 Å². The number of nitrogens with zero attached hydrogens (tertiary/aromatic N) is 2. The van der Waals surface area contributed by atoms with E-state index < -0.39 is 18.8 Å². The maximum Gasteiger partial charge on any atom is 0.422 e. The standard InChI is InChI=1S/C23H30F3N5O4/c24-23(25,26)16-35-22-30-19-15-20(31-22)29-18-7-5-17(6-8-18)21(32)28-10-4-14-34-12-2-1-11-33-13-3-9-27-19/h5-8,15H,1-4,9-14,16H2,(H,28,32)(H2,27,29,30,31). The molecule has 3 heterocycles. The third-order valence-electron chi connectivity index (χ3n) is 4.84. The smallest absolute Gasteiger partial charge is 0.422 e. The van der Waals surface area contributed by atoms with Crippen molar-refractivity contribution in [2.45, 2.75) is 31.9 Å². The largest absolute Gasteiger partial charge is 0.454 e. The number of hydrogen-bond donors (Lipinski definition) is 3. The van der Waals surface area contributed by atoms with Crippen LogP contribution in [-0.4, -0.2) is 68.2 Å². The molecule has 0 atom stereocenters. The number of aromatic nitrogens is 2. The fourth-order valence-corrected chi connectivity index (χ4v) is 3.12. The topological polar surface area (TPSA) is 107 Å². The number of halogens is 3. The Kier molecular flexibility index (Phi) is 10.4. The van der Waals surface area contributed by atoms with Crippen molar-refractivity contribution in [3.05, 3.63) is 35.9 Å². The molecule has 192 valence electrons. The molecule has 0 radical (unpaired) electrons. The van der Waals surface area contributed by atoms with E-state index in [2.05, 4.69) is 25.9 Å². The average Bonchev–Trinajstić information content (AvgIpc) is 2.82. The molecule has 12 heteroatoms. The summed E-state index contributed by atoms with van der Waals surface area (Å²) >= 11 is 0. The number of anilines is 3. The molecule has 35 heavy (non-hydrogen) atoms. The third kappa shape index (κ3) is 10.4. The van der Waals surface area contributed by atoms with Gasteiger partial charge >= 0.3 is 12.2 Å². The first-order valence-electron chi connectivity index (χ1n) is 11.5. The minimum absolute atomic E-state index is 0.205. The van der Waals surface area contributed by atoms with Crippen LogP contribution in [0.5, 0.6) is 6.01 Å². The highest BCUT2D eigenvalue weighted by Gasteiger charge is 2.29. The molecule has 1 aromatic heterocycles. The van der Waals surface area contributed by atoms with Crippen molar-refractivity contribution >= 4 is 23.2 Å². The van der Waals surface area contributed by atoms with E-state index in [4.69, 9.17) is 14.2 Å². The van der Waals surface area contributed by atoms with Crippen LogP contribution in [0.3, 0.4) is 0 Å². The molecule has 0 saturated heterocycles. The third-order valence-corrected chi connectivity index (χ3v) is 4.84. The number of hydrogen-bond acceptors (Lipinski definition) is 8. The summed E-state index contributed by atoms with van der Waals surface area (Å²) < 4.78 is 53.7. The van der Waals surface area contributed by atoms with Gasteiger partial charge in [-0.2, -0.15) is 23.1 Å². The van der Waals surface area contributed by atoms with Gasteiger partial charge in [0.25, 0.3) is 5.91 Å². The maximum atomic E-state index is 12.6. The van der Waals surface area contributed by atoms with Gasteiger partial charge in [-0.3, -0.25) is 4.79 Å². The molecule has 1 amide bonds. The van der Waals surface area contributed by atoms with Crippen LogP contribution in [0.4, 0.5) is 30.5 Å². The highest BCUT2D eigenvalue weighted by Crippen LogP contribution is 2.22. The van der Waals surface area contributed by atoms with Crippen molar-refractivity contribution in [1.29, 1.82) is 0 Å². The van der Waals surface area contributed by atoms with Gasteiger partial charge in [0, 0.05) is 56.8 Å². The predicted molar refractivity (Wildman–Crippen MR) is 124 cm³/mol. The van der Waals surface area contributed by atoms with Gasteiger partial charge in [0.1, 0.15) is 11.6 Å². The summed E-state index contributed by atoms with van der Waals surface area (Å²) in [6.45, 7) is 1.87. The van der Waals surface area contributed by atoms with Crippen molar-refractivity contribution in [2.24, 2.45) is 0 Å². The molecule has 1 aromatic carbocycles. The van der Waals surface area contributed by atoms with Crippen LogP contribution in [0.1, 0.15) is 36.0 Å². The summed E-state index contributed by atoms with van der Waals surface area (Å²) in [5.41, 5.74) is 1.07. The number of alkyl halides is 3. The zero-order valence-electron chi connectivity index (χ0n) is 19.3. The summed E-state index contributed by atoms with van der Waals surface area (Å²) in [5, 5.41) is 8.91. The second-order valence-electron chi connectivity index (χ2n) is 7.85. The molecular weight excluding hydrogens is 467 g/mol. The van der Waals surface area contributed by atoms with Gasteiger partial charge < -0.3 is 30.2 Å². The van der Waals surface area contributed by atoms with Gasteiger partial charge in [0.15, 0.2) is 6.61 Å². The fraction of sp³-hybridized carbons (Fsp3) is 0.522. The molecule has 0 saturated carbocycles. The van der Waals surface area contributed by atoms with Crippen LogP contribution in [0, 0.1) is 0 Å². The lowest BCUT2D eigenvalue weighted by Crippen LogP contribution is -2.25. The number of nitrogens with one attached hydrogen (secondary N) is 3. The van der Waals surface area contributed by atoms with E-state index in [-0.39, 0.29) is 11.7 Å². The second-order valence-corrected chi connectivity index (χ2v) is 7.85. The number of amides is 1. The zero-order valence-corrected chi connectivity index (χ0v) is 19.3. The molecule has 9 nitrogen and oxygen atoms in total. The summed E-state index contributed by atoms with van der Waals surface area (Å²) in [4.78, 5) is 20.4. The van der Waals surface area contributed by atoms with Gasteiger partial charge in [-0.05, 0) is 49.9 Å². The van der Waals surface area contributed by atoms with Gasteiger partial charge in [0.05, 0.1) is 0 Å². The maximum absolute atomic E-state index is 12.6. The second kappa shape index (κ2) is 13.7. The number of carbonyl (C=O) groups excluding carboxylic acids is 1. The van der Waals surface area contributed by atoms with Crippen molar-refractivity contribution in [2.75, 3.05) is 56.8 Å². The van der Waals surface area contributed by atoms with Crippen molar-refractivity contribution in [3.8, 4) is 6.01 Å². The SMILES string of the molecule is O=C1NCCCOCCCCOCCCNc2cc(nc(OCC(F)(F)F)n2)Nc2ccc1cc2. The monoisotopic (exact) mass is 497 g/mol. The van der Waals surface area contributed by atoms with E-state index in [1.54, 1.807) is 30.3 Å². The lowest BCUT2D eigenvalue weighted by atomic mass is 10.2. The molecule has 3 N–H and O–H groups in total. The van der Waals surface area contributed by atoms with E-state index in [1.807, 2.05) is 0 Å². The van der Waals surface area contributed by atoms with E-state index >= 15 is 0 Å². The summed E-state index contributed by atoms with van der Waals surface area (Å²) in [6, 6.07) is 7.80. The molecule has 2 aromatic rings. The number of carbonyl (C=O) groups is 1. The van der Waals surface area contributed by atoms with Crippen LogP contribution in [0.2, 0.25) is 0 Å². The molecule has 0 spiro atoms. The van der Waals surface area contributed by atoms with Crippen LogP contribution in [0.25, 0.3) is 0 Å². The van der Waals surface area contributed by atoms with E-state index in [0.717, 1.165) is 12.8 Å². The molecule has 2 aliphatic heterocycles. The minimum atomic E-state index is -4.51. The lowest BCUT2D eigenvalue weighted by molar-refractivity contribution is -0.154. The Bertz CT molecular complexity index is 928. The minimum Gasteiger partial charge on any atom is -0.454 e. The molecule has 0 unspecified atom stereocenters. The Hall–Kier alpha value is -3.12. The first-order chi connectivity index (χ1) is 16.9. The van der Waals surface area contributed by atoms with Crippen molar-refractivity contribution in [1.82, 2.24) is 15.3 Å². The Morgan fingerprint density at radius 2 is 1.46 bits per heavy atom. The molecular formula is C23H30F3N5O4. The first-order valence-corrected chi connectivity index (χ1v) is 11.5. The molecule has 4 bridgehead atoms.